The Kier molecular flexibility index (Phi) is 2.38. The maximum Gasteiger partial charge on any atom is 0.217 e. The molecule has 2 nitrogen and oxygen atoms in total. The van der Waals surface area contributed by atoms with Crippen LogP contribution in [0.2, 0.25) is 0 Å². The highest BCUT2D eigenvalue weighted by molar-refractivity contribution is 5.73. The summed E-state index contributed by atoms with van der Waals surface area (Å²) in [5.74, 6) is 2.72. The Labute approximate surface area is 85.8 Å². The molecular weight excluding hydrogens is 174 g/mol. The standard InChI is InChI=1S/C12H19NO/c1-7(2)11-9-4-5-10(6-9)12(11)13-8(3)14/h4-5,7,9-12H,6H2,1-3H3,(H,13,14)/t9-,10+,11+,12+/m0/s1. The van der Waals surface area contributed by atoms with Crippen LogP contribution in [0.3, 0.4) is 0 Å². The Hall–Kier alpha value is -0.790. The van der Waals surface area contributed by atoms with Crippen LogP contribution in [-0.4, -0.2) is 11.9 Å². The molecule has 2 aliphatic rings. The normalized spacial score (nSPS) is 39.4. The third-order valence-electron chi connectivity index (χ3n) is 3.66. The summed E-state index contributed by atoms with van der Waals surface area (Å²) in [4.78, 5) is 11.1. The second kappa shape index (κ2) is 3.41. The molecule has 0 unspecified atom stereocenters. The van der Waals surface area contributed by atoms with Crippen molar-refractivity contribution >= 4 is 5.91 Å². The predicted octanol–water partition coefficient (Wildman–Crippen LogP) is 1.97. The van der Waals surface area contributed by atoms with Gasteiger partial charge >= 0.3 is 0 Å². The largest absolute Gasteiger partial charge is 0.353 e. The molecule has 1 saturated carbocycles. The van der Waals surface area contributed by atoms with E-state index in [9.17, 15) is 4.79 Å². The molecular formula is C12H19NO. The fraction of sp³-hybridized carbons (Fsp3) is 0.750. The fourth-order valence-corrected chi connectivity index (χ4v) is 3.21. The van der Waals surface area contributed by atoms with E-state index >= 15 is 0 Å². The molecule has 78 valence electrons. The molecule has 0 aliphatic heterocycles. The van der Waals surface area contributed by atoms with Crippen molar-refractivity contribution in [1.82, 2.24) is 5.32 Å². The van der Waals surface area contributed by atoms with E-state index in [0.29, 0.717) is 29.7 Å². The van der Waals surface area contributed by atoms with Crippen LogP contribution in [0.5, 0.6) is 0 Å². The summed E-state index contributed by atoms with van der Waals surface area (Å²) in [6, 6.07) is 0.391. The van der Waals surface area contributed by atoms with Gasteiger partial charge in [0.1, 0.15) is 0 Å². The summed E-state index contributed by atoms with van der Waals surface area (Å²) in [6.45, 7) is 6.13. The Morgan fingerprint density at radius 3 is 2.57 bits per heavy atom. The lowest BCUT2D eigenvalue weighted by Crippen LogP contribution is -2.43. The predicted molar refractivity (Wildman–Crippen MR) is 56.7 cm³/mol. The number of hydrogen-bond donors (Lipinski definition) is 1. The third-order valence-corrected chi connectivity index (χ3v) is 3.66. The number of fused-ring (bicyclic) bond motifs is 2. The molecule has 0 heterocycles. The van der Waals surface area contributed by atoms with E-state index < -0.39 is 0 Å². The molecule has 1 fully saturated rings. The summed E-state index contributed by atoms with van der Waals surface area (Å²) in [6.07, 6.45) is 5.87. The zero-order valence-corrected chi connectivity index (χ0v) is 9.16. The van der Waals surface area contributed by atoms with Crippen LogP contribution in [0, 0.1) is 23.7 Å². The van der Waals surface area contributed by atoms with Gasteiger partial charge in [0.2, 0.25) is 5.91 Å². The van der Waals surface area contributed by atoms with Crippen LogP contribution >= 0.6 is 0 Å². The number of rotatable bonds is 2. The zero-order chi connectivity index (χ0) is 10.3. The lowest BCUT2D eigenvalue weighted by Gasteiger charge is -2.31. The lowest BCUT2D eigenvalue weighted by molar-refractivity contribution is -0.120. The molecule has 1 amide bonds. The number of carbonyl (C=O) groups is 1. The van der Waals surface area contributed by atoms with Gasteiger partial charge in [-0.15, -0.1) is 0 Å². The van der Waals surface area contributed by atoms with Gasteiger partial charge < -0.3 is 5.32 Å². The van der Waals surface area contributed by atoms with Crippen molar-refractivity contribution < 1.29 is 4.79 Å². The van der Waals surface area contributed by atoms with Crippen LogP contribution in [0.1, 0.15) is 27.2 Å². The van der Waals surface area contributed by atoms with E-state index in [4.69, 9.17) is 0 Å². The minimum absolute atomic E-state index is 0.113. The lowest BCUT2D eigenvalue weighted by atomic mass is 9.80. The molecule has 0 aromatic heterocycles. The third kappa shape index (κ3) is 1.47. The number of nitrogens with one attached hydrogen (secondary N) is 1. The molecule has 0 radical (unpaired) electrons. The van der Waals surface area contributed by atoms with Crippen molar-refractivity contribution in [2.75, 3.05) is 0 Å². The van der Waals surface area contributed by atoms with Crippen LogP contribution in [0.15, 0.2) is 12.2 Å². The van der Waals surface area contributed by atoms with Crippen molar-refractivity contribution in [3.8, 4) is 0 Å². The van der Waals surface area contributed by atoms with Crippen LogP contribution in [0.4, 0.5) is 0 Å². The Bertz CT molecular complexity index is 269. The van der Waals surface area contributed by atoms with Gasteiger partial charge in [-0.2, -0.15) is 0 Å². The molecule has 14 heavy (non-hydrogen) atoms. The van der Waals surface area contributed by atoms with Gasteiger partial charge in [0.25, 0.3) is 0 Å². The van der Waals surface area contributed by atoms with E-state index in [-0.39, 0.29) is 5.91 Å². The fourth-order valence-electron chi connectivity index (χ4n) is 3.21. The topological polar surface area (TPSA) is 29.1 Å². The average molecular weight is 193 g/mol. The second-order valence-electron chi connectivity index (χ2n) is 5.00. The first-order chi connectivity index (χ1) is 6.59. The van der Waals surface area contributed by atoms with Crippen LogP contribution in [-0.2, 0) is 4.79 Å². The Balaban J connectivity index is 2.14. The van der Waals surface area contributed by atoms with Crippen LogP contribution in [0.25, 0.3) is 0 Å². The van der Waals surface area contributed by atoms with E-state index in [0.717, 1.165) is 0 Å². The molecule has 2 aliphatic carbocycles. The quantitative estimate of drug-likeness (QED) is 0.667. The summed E-state index contributed by atoms with van der Waals surface area (Å²) in [7, 11) is 0. The maximum absolute atomic E-state index is 11.1. The van der Waals surface area contributed by atoms with E-state index in [2.05, 4.69) is 31.3 Å². The van der Waals surface area contributed by atoms with Crippen molar-refractivity contribution in [1.29, 1.82) is 0 Å². The molecule has 0 aromatic carbocycles. The van der Waals surface area contributed by atoms with Crippen molar-refractivity contribution in [2.45, 2.75) is 33.2 Å². The van der Waals surface area contributed by atoms with Crippen molar-refractivity contribution in [2.24, 2.45) is 23.7 Å². The van der Waals surface area contributed by atoms with Gasteiger partial charge in [-0.3, -0.25) is 4.79 Å². The first-order valence-electron chi connectivity index (χ1n) is 5.55. The van der Waals surface area contributed by atoms with Gasteiger partial charge in [-0.25, -0.2) is 0 Å². The van der Waals surface area contributed by atoms with Gasteiger partial charge in [-0.05, 0) is 30.1 Å². The zero-order valence-electron chi connectivity index (χ0n) is 9.16. The van der Waals surface area contributed by atoms with Crippen molar-refractivity contribution in [3.05, 3.63) is 12.2 Å². The molecule has 0 spiro atoms. The molecule has 2 rings (SSSR count). The summed E-state index contributed by atoms with van der Waals surface area (Å²) in [5, 5.41) is 3.11. The number of carbonyl (C=O) groups excluding carboxylic acids is 1. The average Bonchev–Trinajstić information content (AvgIpc) is 2.61. The van der Waals surface area contributed by atoms with E-state index in [1.54, 1.807) is 6.92 Å². The van der Waals surface area contributed by atoms with Gasteiger partial charge in [0.15, 0.2) is 0 Å². The minimum Gasteiger partial charge on any atom is -0.353 e. The first-order valence-corrected chi connectivity index (χ1v) is 5.55. The first kappa shape index (κ1) is 9.75. The molecule has 2 heteroatoms. The second-order valence-corrected chi connectivity index (χ2v) is 5.00. The summed E-state index contributed by atoms with van der Waals surface area (Å²) in [5.41, 5.74) is 0. The van der Waals surface area contributed by atoms with Gasteiger partial charge in [0, 0.05) is 13.0 Å². The molecule has 0 aromatic rings. The van der Waals surface area contributed by atoms with Crippen LogP contribution < -0.4 is 5.32 Å². The monoisotopic (exact) mass is 193 g/mol. The smallest absolute Gasteiger partial charge is 0.217 e. The van der Waals surface area contributed by atoms with E-state index in [1.165, 1.54) is 6.42 Å². The number of amides is 1. The minimum atomic E-state index is 0.113. The highest BCUT2D eigenvalue weighted by Crippen LogP contribution is 2.46. The van der Waals surface area contributed by atoms with Crippen molar-refractivity contribution in [3.63, 3.8) is 0 Å². The van der Waals surface area contributed by atoms with Gasteiger partial charge in [0.05, 0.1) is 0 Å². The number of hydrogen-bond acceptors (Lipinski definition) is 1. The van der Waals surface area contributed by atoms with E-state index in [1.807, 2.05) is 0 Å². The summed E-state index contributed by atoms with van der Waals surface area (Å²) < 4.78 is 0. The highest BCUT2D eigenvalue weighted by atomic mass is 16.1. The Morgan fingerprint density at radius 1 is 1.36 bits per heavy atom. The number of allylic oxidation sites excluding steroid dienone is 1. The highest BCUT2D eigenvalue weighted by Gasteiger charge is 2.45. The molecule has 0 saturated heterocycles. The molecule has 1 N–H and O–H groups in total. The maximum atomic E-state index is 11.1. The SMILES string of the molecule is CC(=O)N[C@H]1[C@H](C(C)C)[C@H]2C=C[C@@H]1C2. The Morgan fingerprint density at radius 2 is 2.00 bits per heavy atom. The molecule has 2 bridgehead atoms. The van der Waals surface area contributed by atoms with Gasteiger partial charge in [-0.1, -0.05) is 26.0 Å². The molecule has 4 atom stereocenters. The summed E-state index contributed by atoms with van der Waals surface area (Å²) >= 11 is 0.